The molecule has 0 atom stereocenters. The Labute approximate surface area is 175 Å². The van der Waals surface area contributed by atoms with Gasteiger partial charge in [0, 0.05) is 34.5 Å². The fourth-order valence-corrected chi connectivity index (χ4v) is 3.55. The average molecular weight is 413 g/mol. The minimum Gasteiger partial charge on any atom is -0.484 e. The standard InChI is InChI=1S/C22H27N3O5/c1-5-29-22(28)21-16(4)24(10-11-26)19-9-8-17(12-18(19)21)30-13-20(27)23-25-14(2)6-7-15(25)3/h6-9,12,26H,5,10-11,13H2,1-4H3,(H,23,27). The molecule has 0 saturated heterocycles. The van der Waals surface area contributed by atoms with Gasteiger partial charge in [-0.2, -0.15) is 0 Å². The fourth-order valence-electron chi connectivity index (χ4n) is 3.55. The highest BCUT2D eigenvalue weighted by molar-refractivity contribution is 6.06. The van der Waals surface area contributed by atoms with Gasteiger partial charge in [0.25, 0.3) is 5.91 Å². The topological polar surface area (TPSA) is 94.7 Å². The Bertz CT molecular complexity index is 1060. The van der Waals surface area contributed by atoms with E-state index in [4.69, 9.17) is 9.47 Å². The number of nitrogens with one attached hydrogen (secondary N) is 1. The number of benzene rings is 1. The molecule has 2 aromatic heterocycles. The van der Waals surface area contributed by atoms with E-state index in [2.05, 4.69) is 5.43 Å². The van der Waals surface area contributed by atoms with Crippen molar-refractivity contribution in [1.29, 1.82) is 0 Å². The summed E-state index contributed by atoms with van der Waals surface area (Å²) in [7, 11) is 0. The molecule has 2 heterocycles. The molecule has 2 N–H and O–H groups in total. The van der Waals surface area contributed by atoms with E-state index in [-0.39, 0.29) is 25.7 Å². The van der Waals surface area contributed by atoms with Gasteiger partial charge in [0.1, 0.15) is 5.75 Å². The van der Waals surface area contributed by atoms with E-state index in [1.54, 1.807) is 23.7 Å². The number of aryl methyl sites for hydroxylation is 2. The quantitative estimate of drug-likeness (QED) is 0.554. The summed E-state index contributed by atoms with van der Waals surface area (Å²) < 4.78 is 14.4. The lowest BCUT2D eigenvalue weighted by Gasteiger charge is -2.12. The van der Waals surface area contributed by atoms with Crippen molar-refractivity contribution in [2.75, 3.05) is 25.2 Å². The zero-order valence-electron chi connectivity index (χ0n) is 17.7. The highest BCUT2D eigenvalue weighted by Gasteiger charge is 2.21. The monoisotopic (exact) mass is 413 g/mol. The molecule has 3 rings (SSSR count). The van der Waals surface area contributed by atoms with Crippen molar-refractivity contribution in [2.24, 2.45) is 0 Å². The minimum atomic E-state index is -0.426. The molecule has 0 saturated carbocycles. The van der Waals surface area contributed by atoms with E-state index >= 15 is 0 Å². The summed E-state index contributed by atoms with van der Waals surface area (Å²) >= 11 is 0. The fraction of sp³-hybridized carbons (Fsp3) is 0.364. The number of aliphatic hydroxyl groups excluding tert-OH is 1. The van der Waals surface area contributed by atoms with Crippen molar-refractivity contribution in [1.82, 2.24) is 9.24 Å². The summed E-state index contributed by atoms with van der Waals surface area (Å²) in [6.45, 7) is 7.77. The number of carbonyl (C=O) groups excluding carboxylic acids is 2. The van der Waals surface area contributed by atoms with Crippen LogP contribution in [0, 0.1) is 20.8 Å². The van der Waals surface area contributed by atoms with E-state index < -0.39 is 5.97 Å². The number of nitrogens with zero attached hydrogens (tertiary/aromatic N) is 2. The van der Waals surface area contributed by atoms with Gasteiger partial charge in [-0.1, -0.05) is 0 Å². The van der Waals surface area contributed by atoms with Crippen LogP contribution in [0.2, 0.25) is 0 Å². The molecule has 0 fully saturated rings. The Hall–Kier alpha value is -3.26. The Morgan fingerprint density at radius 1 is 1.10 bits per heavy atom. The van der Waals surface area contributed by atoms with Gasteiger partial charge in [0.2, 0.25) is 0 Å². The number of esters is 1. The maximum absolute atomic E-state index is 12.5. The molecule has 0 unspecified atom stereocenters. The molecule has 3 aromatic rings. The average Bonchev–Trinajstić information content (AvgIpc) is 3.17. The van der Waals surface area contributed by atoms with Crippen LogP contribution in [0.3, 0.4) is 0 Å². The van der Waals surface area contributed by atoms with E-state index in [1.807, 2.05) is 43.5 Å². The largest absolute Gasteiger partial charge is 0.484 e. The van der Waals surface area contributed by atoms with Gasteiger partial charge < -0.3 is 19.1 Å². The van der Waals surface area contributed by atoms with E-state index in [0.717, 1.165) is 16.9 Å². The number of fused-ring (bicyclic) bond motifs is 1. The van der Waals surface area contributed by atoms with Gasteiger partial charge in [0.05, 0.1) is 18.8 Å². The number of aromatic nitrogens is 2. The van der Waals surface area contributed by atoms with Crippen LogP contribution < -0.4 is 10.2 Å². The van der Waals surface area contributed by atoms with Crippen molar-refractivity contribution in [2.45, 2.75) is 34.2 Å². The summed E-state index contributed by atoms with van der Waals surface area (Å²) in [5, 5.41) is 10.1. The molecule has 8 heteroatoms. The van der Waals surface area contributed by atoms with Gasteiger partial charge in [-0.15, -0.1) is 0 Å². The molecule has 1 amide bonds. The second-order valence-electron chi connectivity index (χ2n) is 7.01. The maximum Gasteiger partial charge on any atom is 0.340 e. The first-order valence-electron chi connectivity index (χ1n) is 9.85. The van der Waals surface area contributed by atoms with Crippen LogP contribution in [0.25, 0.3) is 10.9 Å². The Morgan fingerprint density at radius 3 is 2.43 bits per heavy atom. The minimum absolute atomic E-state index is 0.0520. The maximum atomic E-state index is 12.5. The molecule has 1 aromatic carbocycles. The van der Waals surface area contributed by atoms with Crippen LogP contribution in [-0.4, -0.2) is 46.0 Å². The van der Waals surface area contributed by atoms with Crippen LogP contribution in [0.15, 0.2) is 30.3 Å². The third kappa shape index (κ3) is 4.18. The molecule has 0 radical (unpaired) electrons. The molecule has 0 aliphatic rings. The van der Waals surface area contributed by atoms with Gasteiger partial charge >= 0.3 is 5.97 Å². The Kier molecular flexibility index (Phi) is 6.47. The van der Waals surface area contributed by atoms with Crippen LogP contribution in [-0.2, 0) is 16.1 Å². The first-order valence-corrected chi connectivity index (χ1v) is 9.85. The van der Waals surface area contributed by atoms with Gasteiger partial charge in [-0.3, -0.25) is 14.9 Å². The van der Waals surface area contributed by atoms with E-state index in [0.29, 0.717) is 28.9 Å². The van der Waals surface area contributed by atoms with E-state index in [1.165, 1.54) is 0 Å². The second-order valence-corrected chi connectivity index (χ2v) is 7.01. The van der Waals surface area contributed by atoms with Crippen molar-refractivity contribution >= 4 is 22.8 Å². The molecule has 30 heavy (non-hydrogen) atoms. The zero-order valence-corrected chi connectivity index (χ0v) is 17.7. The summed E-state index contributed by atoms with van der Waals surface area (Å²) in [4.78, 5) is 24.8. The number of rotatable bonds is 8. The predicted octanol–water partition coefficient (Wildman–Crippen LogP) is 2.69. The summed E-state index contributed by atoms with van der Waals surface area (Å²) in [5.74, 6) is -0.257. The normalized spacial score (nSPS) is 11.0. The molecule has 0 aliphatic carbocycles. The molecule has 0 aliphatic heterocycles. The lowest BCUT2D eigenvalue weighted by Crippen LogP contribution is -2.29. The van der Waals surface area contributed by atoms with Crippen molar-refractivity contribution < 1.29 is 24.2 Å². The summed E-state index contributed by atoms with van der Waals surface area (Å²) in [5.41, 5.74) is 6.57. The number of ether oxygens (including phenoxy) is 2. The molecular formula is C22H27N3O5. The van der Waals surface area contributed by atoms with Crippen molar-refractivity contribution in [3.05, 3.63) is 53.0 Å². The third-order valence-corrected chi connectivity index (χ3v) is 4.98. The molecular weight excluding hydrogens is 386 g/mol. The van der Waals surface area contributed by atoms with Crippen molar-refractivity contribution in [3.63, 3.8) is 0 Å². The number of hydrogen-bond donors (Lipinski definition) is 2. The smallest absolute Gasteiger partial charge is 0.340 e. The highest BCUT2D eigenvalue weighted by Crippen LogP contribution is 2.30. The molecule has 8 nitrogen and oxygen atoms in total. The molecule has 160 valence electrons. The van der Waals surface area contributed by atoms with E-state index in [9.17, 15) is 14.7 Å². The van der Waals surface area contributed by atoms with Crippen LogP contribution in [0.4, 0.5) is 0 Å². The Morgan fingerprint density at radius 2 is 1.80 bits per heavy atom. The van der Waals surface area contributed by atoms with Crippen molar-refractivity contribution in [3.8, 4) is 5.75 Å². The Balaban J connectivity index is 1.84. The number of aliphatic hydroxyl groups is 1. The van der Waals surface area contributed by atoms with Crippen LogP contribution >= 0.6 is 0 Å². The summed E-state index contributed by atoms with van der Waals surface area (Å²) in [6, 6.07) is 9.11. The van der Waals surface area contributed by atoms with Crippen LogP contribution in [0.5, 0.6) is 5.75 Å². The first-order chi connectivity index (χ1) is 14.4. The number of carbonyl (C=O) groups is 2. The second kappa shape index (κ2) is 9.04. The van der Waals surface area contributed by atoms with Crippen LogP contribution in [0.1, 0.15) is 34.4 Å². The van der Waals surface area contributed by atoms with Gasteiger partial charge in [0.15, 0.2) is 6.61 Å². The number of amides is 1. The predicted molar refractivity (Wildman–Crippen MR) is 113 cm³/mol. The highest BCUT2D eigenvalue weighted by atomic mass is 16.5. The lowest BCUT2D eigenvalue weighted by atomic mass is 10.1. The first kappa shape index (κ1) is 21.4. The summed E-state index contributed by atoms with van der Waals surface area (Å²) in [6.07, 6.45) is 0. The molecule has 0 bridgehead atoms. The van der Waals surface area contributed by atoms with Gasteiger partial charge in [-0.05, 0) is 58.0 Å². The zero-order chi connectivity index (χ0) is 21.8. The number of hydrogen-bond acceptors (Lipinski definition) is 5. The third-order valence-electron chi connectivity index (χ3n) is 4.98. The SMILES string of the molecule is CCOC(=O)c1c(C)n(CCO)c2ccc(OCC(=O)Nn3c(C)ccc3C)cc12. The lowest BCUT2D eigenvalue weighted by molar-refractivity contribution is -0.119. The van der Waals surface area contributed by atoms with Gasteiger partial charge in [-0.25, -0.2) is 4.79 Å². The molecule has 0 spiro atoms.